The summed E-state index contributed by atoms with van der Waals surface area (Å²) in [4.78, 5) is 29.7. The number of aliphatic imine (C=N–C) groups is 1. The highest BCUT2D eigenvalue weighted by molar-refractivity contribution is 6.19. The first kappa shape index (κ1) is 41.5. The lowest BCUT2D eigenvalue weighted by molar-refractivity contribution is 0.443. The van der Waals surface area contributed by atoms with Crippen LogP contribution in [0.1, 0.15) is 143 Å². The monoisotopic (exact) mass is 889 g/mol. The summed E-state index contributed by atoms with van der Waals surface area (Å²) < 4.78 is 2.41. The number of amidine groups is 1. The third-order valence-electron chi connectivity index (χ3n) is 16.1. The van der Waals surface area contributed by atoms with E-state index < -0.39 is 0 Å². The summed E-state index contributed by atoms with van der Waals surface area (Å²) in [5.41, 5.74) is 10.3. The van der Waals surface area contributed by atoms with Crippen LogP contribution in [0.3, 0.4) is 0 Å². The average molecular weight is 890 g/mol. The first-order valence-corrected chi connectivity index (χ1v) is 25.9. The molecule has 0 radical (unpaired) electrons. The van der Waals surface area contributed by atoms with Crippen molar-refractivity contribution in [2.24, 2.45) is 4.99 Å². The molecule has 0 bridgehead atoms. The van der Waals surface area contributed by atoms with E-state index in [1.165, 1.54) is 134 Å². The molecule has 5 aliphatic rings. The molecular weight excluding hydrogens is 831 g/mol. The number of fused-ring (bicyclic) bond motifs is 3. The lowest BCUT2D eigenvalue weighted by atomic mass is 9.84. The van der Waals surface area contributed by atoms with Crippen molar-refractivity contribution in [3.05, 3.63) is 160 Å². The van der Waals surface area contributed by atoms with E-state index in [1.807, 2.05) is 0 Å². The molecule has 7 nitrogen and oxygen atoms in total. The van der Waals surface area contributed by atoms with Crippen molar-refractivity contribution in [2.45, 2.75) is 127 Å². The van der Waals surface area contributed by atoms with Crippen molar-refractivity contribution in [2.75, 3.05) is 4.90 Å². The van der Waals surface area contributed by atoms with Crippen molar-refractivity contribution in [3.63, 3.8) is 0 Å². The Morgan fingerprint density at radius 1 is 0.471 bits per heavy atom. The van der Waals surface area contributed by atoms with Gasteiger partial charge in [-0.2, -0.15) is 0 Å². The third kappa shape index (κ3) is 7.55. The van der Waals surface area contributed by atoms with Gasteiger partial charge in [-0.15, -0.1) is 0 Å². The predicted octanol–water partition coefficient (Wildman–Crippen LogP) is 13.8. The average Bonchev–Trinajstić information content (AvgIpc) is 3.75. The highest BCUT2D eigenvalue weighted by atomic mass is 15.3. The lowest BCUT2D eigenvalue weighted by Crippen LogP contribution is -2.46. The van der Waals surface area contributed by atoms with Gasteiger partial charge in [-0.25, -0.2) is 24.9 Å². The van der Waals surface area contributed by atoms with E-state index in [0.29, 0.717) is 40.9 Å². The Balaban J connectivity index is 0.999. The standard InChI is InChI=1S/C61H59N7/c1-5-15-40(16-6-1)43-25-31-46(32-26-43)56-62-58-55-59(63-56)66-60(48-35-29-45(30-36-48)42-19-9-3-10-20-42)68(61(55)65-57(64-58)47-33-27-44(28-34-47)41-17-7-2-8-18-41)50-37-38-54-52(39-50)51-23-13-14-24-53(51)67(54)49-21-11-4-12-22-49/h4,11-14,21-36,38-42,50H,1-3,5-10,15-20,37H2. The SMILES string of the molecule is C1=c2c(n(-c3ccccc3)c3ccccc23)=CCC1N1C(c2ccc(C3CCCCC3)cc2)=Nc2nc(-c3ccc(C4CCCCC4)cc3)nc3nc(-c4ccc(C5CCCCC5)cc4)nc1c23. The topological polar surface area (TPSA) is 72.1 Å². The second-order valence-electron chi connectivity index (χ2n) is 20.3. The Labute approximate surface area is 399 Å². The maximum absolute atomic E-state index is 5.62. The van der Waals surface area contributed by atoms with E-state index >= 15 is 0 Å². The molecular formula is C61H59N7. The summed E-state index contributed by atoms with van der Waals surface area (Å²) in [6.45, 7) is 0. The molecule has 13 rings (SSSR count). The molecule has 5 aromatic carbocycles. The fourth-order valence-electron chi connectivity index (χ4n) is 12.5. The number of aromatic nitrogens is 5. The molecule has 1 unspecified atom stereocenters. The third-order valence-corrected chi connectivity index (χ3v) is 16.1. The number of hydrogen-bond donors (Lipinski definition) is 0. The zero-order chi connectivity index (χ0) is 45.0. The fourth-order valence-corrected chi connectivity index (χ4v) is 12.5. The van der Waals surface area contributed by atoms with Crippen LogP contribution in [0, 0.1) is 0 Å². The Morgan fingerprint density at radius 3 is 1.56 bits per heavy atom. The maximum Gasteiger partial charge on any atom is 0.171 e. The molecule has 1 aliphatic heterocycles. The van der Waals surface area contributed by atoms with Crippen LogP contribution in [0.25, 0.3) is 62.6 Å². The van der Waals surface area contributed by atoms with Crippen molar-refractivity contribution in [1.29, 1.82) is 0 Å². The van der Waals surface area contributed by atoms with Crippen molar-refractivity contribution < 1.29 is 0 Å². The molecule has 0 amide bonds. The van der Waals surface area contributed by atoms with E-state index in [1.54, 1.807) is 0 Å². The molecule has 0 spiro atoms. The van der Waals surface area contributed by atoms with E-state index in [2.05, 4.69) is 149 Å². The minimum atomic E-state index is -0.103. The van der Waals surface area contributed by atoms with Crippen molar-refractivity contribution in [1.82, 2.24) is 24.5 Å². The number of para-hydroxylation sites is 2. The second kappa shape index (κ2) is 17.7. The van der Waals surface area contributed by atoms with Gasteiger partial charge in [0.25, 0.3) is 0 Å². The molecule has 1 atom stereocenters. The van der Waals surface area contributed by atoms with Gasteiger partial charge in [-0.1, -0.05) is 179 Å². The van der Waals surface area contributed by atoms with Crippen molar-refractivity contribution >= 4 is 51.6 Å². The zero-order valence-corrected chi connectivity index (χ0v) is 39.0. The van der Waals surface area contributed by atoms with Crippen LogP contribution in [0.5, 0.6) is 0 Å². The molecule has 3 fully saturated rings. The molecule has 4 heterocycles. The molecule has 8 aromatic rings. The van der Waals surface area contributed by atoms with Gasteiger partial charge >= 0.3 is 0 Å². The van der Waals surface area contributed by atoms with Gasteiger partial charge < -0.3 is 9.47 Å². The van der Waals surface area contributed by atoms with Crippen LogP contribution < -0.4 is 15.5 Å². The molecule has 4 aliphatic carbocycles. The summed E-state index contributed by atoms with van der Waals surface area (Å²) >= 11 is 0. The van der Waals surface area contributed by atoms with E-state index in [4.69, 9.17) is 24.9 Å². The normalized spacial score (nSPS) is 19.1. The number of nitrogens with zero attached hydrogens (tertiary/aromatic N) is 7. The van der Waals surface area contributed by atoms with Crippen molar-refractivity contribution in [3.8, 4) is 28.5 Å². The van der Waals surface area contributed by atoms with Crippen LogP contribution in [-0.4, -0.2) is 36.4 Å². The van der Waals surface area contributed by atoms with Crippen LogP contribution in [0.2, 0.25) is 0 Å². The number of rotatable bonds is 8. The van der Waals surface area contributed by atoms with Gasteiger partial charge in [0.1, 0.15) is 11.2 Å². The predicted molar refractivity (Wildman–Crippen MR) is 278 cm³/mol. The minimum Gasteiger partial charge on any atom is -0.310 e. The molecule has 7 heteroatoms. The maximum atomic E-state index is 5.62. The summed E-state index contributed by atoms with van der Waals surface area (Å²) in [5, 5.41) is 4.47. The number of hydrogen-bond acceptors (Lipinski definition) is 6. The zero-order valence-electron chi connectivity index (χ0n) is 39.0. The first-order valence-electron chi connectivity index (χ1n) is 25.9. The van der Waals surface area contributed by atoms with E-state index in [-0.39, 0.29) is 6.04 Å². The van der Waals surface area contributed by atoms with Gasteiger partial charge in [-0.05, 0) is 97.6 Å². The summed E-state index contributed by atoms with van der Waals surface area (Å²) in [7, 11) is 0. The lowest BCUT2D eigenvalue weighted by Gasteiger charge is -2.35. The van der Waals surface area contributed by atoms with Crippen LogP contribution in [0.15, 0.2) is 132 Å². The Bertz CT molecular complexity index is 3290. The van der Waals surface area contributed by atoms with E-state index in [0.717, 1.165) is 45.8 Å². The second-order valence-corrected chi connectivity index (χ2v) is 20.3. The molecule has 0 N–H and O–H groups in total. The molecule has 338 valence electrons. The number of anilines is 1. The quantitative estimate of drug-likeness (QED) is 0.152. The van der Waals surface area contributed by atoms with Gasteiger partial charge in [0.2, 0.25) is 0 Å². The molecule has 3 aromatic heterocycles. The number of benzene rings is 5. The van der Waals surface area contributed by atoms with Gasteiger partial charge in [-0.3, -0.25) is 0 Å². The first-order chi connectivity index (χ1) is 33.7. The Kier molecular flexibility index (Phi) is 10.8. The summed E-state index contributed by atoms with van der Waals surface area (Å²) in [5.74, 6) is 5.46. The highest BCUT2D eigenvalue weighted by Gasteiger charge is 2.35. The molecule has 0 saturated heterocycles. The van der Waals surface area contributed by atoms with Crippen LogP contribution in [-0.2, 0) is 0 Å². The molecule has 3 saturated carbocycles. The summed E-state index contributed by atoms with van der Waals surface area (Å²) in [6.07, 6.45) is 25.1. The Morgan fingerprint density at radius 2 is 0.985 bits per heavy atom. The van der Waals surface area contributed by atoms with Gasteiger partial charge in [0, 0.05) is 38.3 Å². The van der Waals surface area contributed by atoms with E-state index in [9.17, 15) is 0 Å². The van der Waals surface area contributed by atoms with Crippen LogP contribution >= 0.6 is 0 Å². The van der Waals surface area contributed by atoms with Crippen LogP contribution in [0.4, 0.5) is 11.6 Å². The Hall–Kier alpha value is -6.73. The summed E-state index contributed by atoms with van der Waals surface area (Å²) in [6, 6.07) is 46.9. The molecule has 68 heavy (non-hydrogen) atoms. The fraction of sp³-hybridized carbons (Fsp3) is 0.328. The largest absolute Gasteiger partial charge is 0.310 e. The minimum absolute atomic E-state index is 0.103. The smallest absolute Gasteiger partial charge is 0.171 e. The van der Waals surface area contributed by atoms with Gasteiger partial charge in [0.05, 0.1) is 11.6 Å². The van der Waals surface area contributed by atoms with Gasteiger partial charge in [0.15, 0.2) is 28.9 Å². The highest BCUT2D eigenvalue weighted by Crippen LogP contribution is 2.42.